The number of thiazole rings is 1. The number of allylic oxidation sites excluding steroid dienone is 3. The van der Waals surface area contributed by atoms with Gasteiger partial charge in [-0.3, -0.25) is 33.9 Å². The first kappa shape index (κ1) is 49.8. The number of aromatic nitrogens is 6. The highest BCUT2D eigenvalue weighted by Gasteiger charge is 2.55. The van der Waals surface area contributed by atoms with Gasteiger partial charge in [0.05, 0.1) is 35.2 Å². The van der Waals surface area contributed by atoms with E-state index in [1.165, 1.54) is 63.0 Å². The smallest absolute Gasteiger partial charge is 0.307 e. The first-order valence-corrected chi connectivity index (χ1v) is 26.0. The Bertz CT molecular complexity index is 3070. The summed E-state index contributed by atoms with van der Waals surface area (Å²) < 4.78 is 7.43. The average molecular weight is 1060 g/mol. The number of oxime groups is 2. The SMILES string of the molecule is CCO/N=C(/Cc1csc(N)n1)C(=O)NC1C(=O)N2C(C(=O)[O-])=C(C[NH+]3CC=CC4=C3CCC4)CSC12.CO/N=C(\C(=O)NC1C(=O)N2C(C(=O)[O-])=C(C[n+]3ccn4ncccc43)CSC12)c1nsc(N)n1. The maximum atomic E-state index is 13.1. The number of fused-ring (bicyclic) bond motifs is 3. The van der Waals surface area contributed by atoms with E-state index in [2.05, 4.69) is 52.5 Å². The number of nitrogens with one attached hydrogen (secondary N) is 3. The summed E-state index contributed by atoms with van der Waals surface area (Å²) in [5.41, 5.74) is 16.0. The summed E-state index contributed by atoms with van der Waals surface area (Å²) in [5.74, 6) is -4.51. The standard InChI is InChI=1S/C24H28N6O5S2.C19H17N9O5S2/c1-2-35-28-16(9-15-12-37-24(25)26-15)20(31)27-18-21(32)30-19(23(33)34)14(11-36-22(18)30)10-29-8-4-6-13-5-3-7-17(13)29;1-33-24-11(14-23-19(20)35-25-14)15(29)22-12-16(30)28-13(18(31)32)9(8-34-17(12)28)7-26-5-6-27-10(26)3-2-4-21-27/h4,6,12,18,22H,2-3,5,7-11H2,1H3,(H2,25,26)(H,27,31)(H,33,34);2-6,12,17H,7-8H2,1H3,(H3-,20,22,23,25,29,31,32)/b28-16-;24-11-. The first-order valence-electron chi connectivity index (χ1n) is 22.3. The van der Waals surface area contributed by atoms with E-state index in [9.17, 15) is 39.0 Å². The van der Waals surface area contributed by atoms with Crippen molar-refractivity contribution in [2.24, 2.45) is 10.3 Å². The molecule has 72 heavy (non-hydrogen) atoms. The number of carboxylic acid groups (broad SMARTS) is 2. The molecule has 5 atom stereocenters. The van der Waals surface area contributed by atoms with Gasteiger partial charge < -0.3 is 51.6 Å². The predicted octanol–water partition coefficient (Wildman–Crippen LogP) is -3.53. The van der Waals surface area contributed by atoms with E-state index >= 15 is 0 Å². The minimum Gasteiger partial charge on any atom is -0.543 e. The molecule has 0 spiro atoms. The monoisotopic (exact) mass is 1060 g/mol. The number of quaternary nitrogens is 1. The number of carbonyl (C=O) groups excluding carboxylic acids is 6. The lowest BCUT2D eigenvalue weighted by atomic mass is 10.0. The lowest BCUT2D eigenvalue weighted by Crippen LogP contribution is -3.10. The molecule has 7 N–H and O–H groups in total. The van der Waals surface area contributed by atoms with Gasteiger partial charge in [0.25, 0.3) is 23.6 Å². The number of aliphatic carboxylic acids is 2. The number of hydrogen-bond acceptors (Lipinski definition) is 22. The number of nitrogen functional groups attached to an aromatic ring is 2. The van der Waals surface area contributed by atoms with Crippen LogP contribution in [-0.4, -0.2) is 142 Å². The van der Waals surface area contributed by atoms with Gasteiger partial charge in [-0.2, -0.15) is 9.36 Å². The summed E-state index contributed by atoms with van der Waals surface area (Å²) in [6.07, 6.45) is 12.7. The number of amides is 4. The van der Waals surface area contributed by atoms with E-state index in [4.69, 9.17) is 21.1 Å². The number of hydrogen-bond donors (Lipinski definition) is 5. The summed E-state index contributed by atoms with van der Waals surface area (Å²) in [6, 6.07) is 1.76. The molecule has 0 aromatic carbocycles. The molecule has 376 valence electrons. The minimum absolute atomic E-state index is 0.0457. The van der Waals surface area contributed by atoms with Crippen LogP contribution in [-0.2, 0) is 51.4 Å². The molecular formula is C43H45N15O10S4. The van der Waals surface area contributed by atoms with Crippen molar-refractivity contribution in [1.82, 2.24) is 44.4 Å². The number of imidazole rings is 1. The number of carbonyl (C=O) groups is 6. The second kappa shape index (κ2) is 21.2. The molecule has 5 aliphatic heterocycles. The summed E-state index contributed by atoms with van der Waals surface area (Å²) in [5, 5.41) is 42.3. The van der Waals surface area contributed by atoms with Gasteiger partial charge in [0.1, 0.15) is 68.1 Å². The van der Waals surface area contributed by atoms with Crippen LogP contribution in [0.1, 0.15) is 37.7 Å². The van der Waals surface area contributed by atoms with Gasteiger partial charge in [0.2, 0.25) is 11.5 Å². The molecule has 2 fully saturated rings. The number of thioether (sulfide) groups is 2. The third-order valence-corrected chi connectivity index (χ3v) is 16.1. The third-order valence-electron chi connectivity index (χ3n) is 12.2. The summed E-state index contributed by atoms with van der Waals surface area (Å²) in [7, 11) is 1.25. The second-order valence-electron chi connectivity index (χ2n) is 16.6. The normalized spacial score (nSPS) is 22.6. The lowest BCUT2D eigenvalue weighted by molar-refractivity contribution is -0.851. The van der Waals surface area contributed by atoms with Crippen LogP contribution in [0, 0.1) is 0 Å². The second-order valence-corrected chi connectivity index (χ2v) is 20.5. The predicted molar refractivity (Wildman–Crippen MR) is 257 cm³/mol. The highest BCUT2D eigenvalue weighted by atomic mass is 32.2. The van der Waals surface area contributed by atoms with Crippen LogP contribution in [0.25, 0.3) is 5.65 Å². The van der Waals surface area contributed by atoms with E-state index in [-0.39, 0.29) is 53.3 Å². The van der Waals surface area contributed by atoms with Crippen molar-refractivity contribution in [2.45, 2.75) is 62.0 Å². The Labute approximate surface area is 425 Å². The number of nitrogens with two attached hydrogens (primary N) is 2. The van der Waals surface area contributed by atoms with Crippen molar-refractivity contribution in [1.29, 1.82) is 0 Å². The Hall–Kier alpha value is -7.21. The topological polar surface area (TPSA) is 339 Å². The van der Waals surface area contributed by atoms with Crippen molar-refractivity contribution in [3.63, 3.8) is 0 Å². The van der Waals surface area contributed by atoms with E-state index < -0.39 is 58.4 Å². The molecule has 9 heterocycles. The zero-order valence-corrected chi connectivity index (χ0v) is 41.6. The molecule has 4 amide bonds. The zero-order valence-electron chi connectivity index (χ0n) is 38.3. The lowest BCUT2D eigenvalue weighted by Gasteiger charge is -2.50. The molecule has 1 aliphatic carbocycles. The van der Waals surface area contributed by atoms with Gasteiger partial charge in [-0.25, -0.2) is 9.55 Å². The minimum atomic E-state index is -1.46. The fraction of sp³-hybridized carbons (Fsp3) is 0.372. The quantitative estimate of drug-likeness (QED) is 0.0314. The van der Waals surface area contributed by atoms with Gasteiger partial charge in [-0.05, 0) is 31.9 Å². The highest BCUT2D eigenvalue weighted by molar-refractivity contribution is 8.00. The Morgan fingerprint density at radius 2 is 1.67 bits per heavy atom. The molecule has 0 saturated carbocycles. The van der Waals surface area contributed by atoms with Crippen molar-refractivity contribution >= 4 is 109 Å². The van der Waals surface area contributed by atoms with Crippen LogP contribution < -0.4 is 41.8 Å². The van der Waals surface area contributed by atoms with Gasteiger partial charge >= 0.3 is 5.65 Å². The van der Waals surface area contributed by atoms with Gasteiger partial charge in [0, 0.05) is 64.0 Å². The molecule has 29 heteroatoms. The highest BCUT2D eigenvalue weighted by Crippen LogP contribution is 2.41. The average Bonchev–Trinajstić information content (AvgIpc) is 4.21. The Morgan fingerprint density at radius 3 is 2.32 bits per heavy atom. The third kappa shape index (κ3) is 9.88. The van der Waals surface area contributed by atoms with Crippen molar-refractivity contribution in [3.05, 3.63) is 93.6 Å². The Kier molecular flexibility index (Phi) is 14.7. The van der Waals surface area contributed by atoms with Gasteiger partial charge in [-0.1, -0.05) is 21.5 Å². The van der Waals surface area contributed by atoms with Crippen LogP contribution in [0.3, 0.4) is 0 Å². The number of β-lactam (4-membered cyclic amide) rings is 2. The molecular weight excluding hydrogens is 1010 g/mol. The van der Waals surface area contributed by atoms with Crippen LogP contribution in [0.2, 0.25) is 0 Å². The Morgan fingerprint density at radius 1 is 0.958 bits per heavy atom. The zero-order chi connectivity index (χ0) is 50.8. The molecule has 5 unspecified atom stereocenters. The molecule has 2 saturated heterocycles. The van der Waals surface area contributed by atoms with E-state index in [1.54, 1.807) is 41.5 Å². The number of rotatable bonds is 16. The molecule has 4 aromatic rings. The largest absolute Gasteiger partial charge is 0.543 e. The van der Waals surface area contributed by atoms with E-state index in [1.807, 2.05) is 10.6 Å². The fourth-order valence-corrected chi connectivity index (χ4v) is 12.7. The fourth-order valence-electron chi connectivity index (χ4n) is 9.05. The molecule has 10 rings (SSSR count). The van der Waals surface area contributed by atoms with Gasteiger partial charge in [-0.15, -0.1) is 39.4 Å². The maximum Gasteiger partial charge on any atom is 0.307 e. The summed E-state index contributed by atoms with van der Waals surface area (Å²) in [4.78, 5) is 97.6. The molecule has 0 bridgehead atoms. The van der Waals surface area contributed by atoms with Crippen LogP contribution in [0.5, 0.6) is 0 Å². The first-order chi connectivity index (χ1) is 34.8. The maximum absolute atomic E-state index is 13.1. The van der Waals surface area contributed by atoms with Crippen LogP contribution >= 0.6 is 46.4 Å². The van der Waals surface area contributed by atoms with Crippen LogP contribution in [0.4, 0.5) is 10.3 Å². The molecule has 4 aromatic heterocycles. The van der Waals surface area contributed by atoms with E-state index in [0.29, 0.717) is 40.0 Å². The summed E-state index contributed by atoms with van der Waals surface area (Å²) >= 11 is 4.90. The van der Waals surface area contributed by atoms with Crippen LogP contribution in [0.15, 0.2) is 92.4 Å². The number of anilines is 2. The van der Waals surface area contributed by atoms with E-state index in [0.717, 1.165) is 47.9 Å². The van der Waals surface area contributed by atoms with Crippen molar-refractivity contribution < 1.29 is 58.1 Å². The molecule has 0 radical (unpaired) electrons. The number of carboxylic acids is 2. The van der Waals surface area contributed by atoms with Crippen molar-refractivity contribution in [3.8, 4) is 0 Å². The summed E-state index contributed by atoms with van der Waals surface area (Å²) in [6.45, 7) is 3.53. The molecule has 25 nitrogen and oxygen atoms in total. The van der Waals surface area contributed by atoms with Gasteiger partial charge in [0.15, 0.2) is 22.2 Å². The Balaban J connectivity index is 0.000000178. The molecule has 6 aliphatic rings. The van der Waals surface area contributed by atoms with Crippen molar-refractivity contribution in [2.75, 3.05) is 49.8 Å². The number of nitrogens with zero attached hydrogens (tertiary/aromatic N) is 10.